The van der Waals surface area contributed by atoms with Crippen LogP contribution in [0.2, 0.25) is 0 Å². The number of amides is 1. The minimum absolute atomic E-state index is 0.533. The molecule has 42 heavy (non-hydrogen) atoms. The number of rotatable bonds is 5. The highest BCUT2D eigenvalue weighted by molar-refractivity contribution is 5.81. The molecule has 7 rings (SSSR count). The molecule has 13 atom stereocenters. The zero-order valence-corrected chi connectivity index (χ0v) is 24.1. The smallest absolute Gasteiger partial charge is 0.252 e. The van der Waals surface area contributed by atoms with E-state index in [9.17, 15) is 25.2 Å². The summed E-state index contributed by atoms with van der Waals surface area (Å²) in [5.41, 5.74) is -4.74. The molecule has 4 heterocycles. The summed E-state index contributed by atoms with van der Waals surface area (Å²) in [5, 5.41) is 48.7. The van der Waals surface area contributed by atoms with Crippen molar-refractivity contribution in [2.24, 2.45) is 22.7 Å². The number of methoxy groups -OCH3 is 1. The van der Waals surface area contributed by atoms with E-state index < -0.39 is 82.7 Å². The van der Waals surface area contributed by atoms with Crippen LogP contribution in [0.4, 0.5) is 0 Å². The van der Waals surface area contributed by atoms with Crippen LogP contribution < -0.4 is 4.74 Å². The number of ether oxygens (including phenoxy) is 4. The average molecular weight is 584 g/mol. The molecule has 4 saturated heterocycles. The van der Waals surface area contributed by atoms with Crippen molar-refractivity contribution in [3.8, 4) is 5.75 Å². The third kappa shape index (κ3) is 2.91. The van der Waals surface area contributed by atoms with Gasteiger partial charge in [-0.1, -0.05) is 56.3 Å². The number of carbonyl (C=O) groups is 1. The van der Waals surface area contributed by atoms with E-state index in [2.05, 4.69) is 0 Å². The molecule has 5 fully saturated rings. The Morgan fingerprint density at radius 3 is 2.12 bits per heavy atom. The van der Waals surface area contributed by atoms with Crippen LogP contribution in [0, 0.1) is 22.7 Å². The van der Waals surface area contributed by atoms with Gasteiger partial charge in [0.15, 0.2) is 12.6 Å². The lowest BCUT2D eigenvalue weighted by Crippen LogP contribution is -2.64. The lowest BCUT2D eigenvalue weighted by atomic mass is 9.52. The highest BCUT2D eigenvalue weighted by Gasteiger charge is 2.90. The predicted octanol–water partition coefficient (Wildman–Crippen LogP) is 0.891. The molecule has 2 aromatic rings. The maximum Gasteiger partial charge on any atom is 0.252 e. The molecule has 1 saturated carbocycles. The summed E-state index contributed by atoms with van der Waals surface area (Å²) < 4.78 is 24.5. The summed E-state index contributed by atoms with van der Waals surface area (Å²) in [6, 6.07) is 16.3. The van der Waals surface area contributed by atoms with Crippen LogP contribution in [-0.2, 0) is 29.4 Å². The Labute approximate surface area is 243 Å². The molecule has 11 nitrogen and oxygen atoms in total. The van der Waals surface area contributed by atoms with Crippen LogP contribution in [0.1, 0.15) is 30.9 Å². The zero-order valence-electron chi connectivity index (χ0n) is 24.1. The van der Waals surface area contributed by atoms with Gasteiger partial charge in [0.1, 0.15) is 17.0 Å². The maximum absolute atomic E-state index is 14.0. The third-order valence-corrected chi connectivity index (χ3v) is 11.5. The fourth-order valence-electron chi connectivity index (χ4n) is 9.13. The molecule has 4 aliphatic heterocycles. The van der Waals surface area contributed by atoms with E-state index >= 15 is 0 Å². The summed E-state index contributed by atoms with van der Waals surface area (Å²) in [7, 11) is 4.37. The van der Waals surface area contributed by atoms with Gasteiger partial charge in [0.25, 0.3) is 5.91 Å². The van der Waals surface area contributed by atoms with Gasteiger partial charge in [-0.2, -0.15) is 0 Å². The van der Waals surface area contributed by atoms with Gasteiger partial charge in [-0.05, 0) is 23.3 Å². The minimum Gasteiger partial charge on any atom is -0.497 e. The summed E-state index contributed by atoms with van der Waals surface area (Å²) in [4.78, 5) is 19.3. The zero-order chi connectivity index (χ0) is 30.0. The Morgan fingerprint density at radius 2 is 1.52 bits per heavy atom. The topological polar surface area (TPSA) is 147 Å². The molecule has 4 N–H and O–H groups in total. The molecule has 0 spiro atoms. The molecule has 1 aliphatic carbocycles. The second-order valence-electron chi connectivity index (χ2n) is 12.7. The first-order valence-electron chi connectivity index (χ1n) is 14.2. The Kier molecular flexibility index (Phi) is 6.01. The molecular formula is C31H37NO10. The summed E-state index contributed by atoms with van der Waals surface area (Å²) in [5.74, 6) is -2.89. The number of aliphatic hydroxyl groups is 4. The van der Waals surface area contributed by atoms with E-state index in [-0.39, 0.29) is 0 Å². The highest BCUT2D eigenvalue weighted by atomic mass is 16.7. The van der Waals surface area contributed by atoms with Crippen molar-refractivity contribution in [3.05, 3.63) is 65.7 Å². The first kappa shape index (κ1) is 28.2. The highest BCUT2D eigenvalue weighted by Crippen LogP contribution is 2.77. The number of hydrogen-bond acceptors (Lipinski definition) is 10. The average Bonchev–Trinajstić information content (AvgIpc) is 3.68. The van der Waals surface area contributed by atoms with Crippen LogP contribution in [0.15, 0.2) is 54.6 Å². The molecular weight excluding hydrogens is 546 g/mol. The van der Waals surface area contributed by atoms with Crippen LogP contribution >= 0.6 is 0 Å². The summed E-state index contributed by atoms with van der Waals surface area (Å²) in [6.07, 6.45) is -6.84. The predicted molar refractivity (Wildman–Crippen MR) is 144 cm³/mol. The van der Waals surface area contributed by atoms with Crippen LogP contribution in [-0.4, -0.2) is 95.3 Å². The van der Waals surface area contributed by atoms with Gasteiger partial charge in [0, 0.05) is 18.9 Å². The first-order chi connectivity index (χ1) is 19.9. The molecule has 2 aromatic carbocycles. The maximum atomic E-state index is 14.0. The monoisotopic (exact) mass is 583 g/mol. The number of aliphatic hydroxyl groups excluding tert-OH is 3. The third-order valence-electron chi connectivity index (χ3n) is 11.5. The largest absolute Gasteiger partial charge is 0.497 e. The number of hydrogen-bond donors (Lipinski definition) is 4. The normalized spacial score (nSPS) is 48.2. The van der Waals surface area contributed by atoms with Crippen molar-refractivity contribution in [2.45, 2.75) is 68.0 Å². The van der Waals surface area contributed by atoms with Gasteiger partial charge in [-0.25, -0.2) is 5.06 Å². The summed E-state index contributed by atoms with van der Waals surface area (Å²) >= 11 is 0. The van der Waals surface area contributed by atoms with Crippen molar-refractivity contribution < 1.29 is 49.0 Å². The van der Waals surface area contributed by atoms with E-state index in [1.807, 2.05) is 30.3 Å². The molecule has 0 aromatic heterocycles. The molecule has 226 valence electrons. The van der Waals surface area contributed by atoms with E-state index in [0.717, 1.165) is 5.06 Å². The van der Waals surface area contributed by atoms with E-state index in [1.54, 1.807) is 45.2 Å². The number of carbonyl (C=O) groups excluding carboxylic acids is 1. The van der Waals surface area contributed by atoms with Crippen molar-refractivity contribution in [1.29, 1.82) is 0 Å². The van der Waals surface area contributed by atoms with Crippen LogP contribution in [0.25, 0.3) is 0 Å². The van der Waals surface area contributed by atoms with Gasteiger partial charge in [-0.3, -0.25) is 9.63 Å². The Bertz CT molecular complexity index is 1390. The number of fused-ring (bicyclic) bond motifs is 10. The second-order valence-corrected chi connectivity index (χ2v) is 12.7. The van der Waals surface area contributed by atoms with E-state index in [1.165, 1.54) is 14.2 Å². The molecule has 2 bridgehead atoms. The van der Waals surface area contributed by atoms with Gasteiger partial charge < -0.3 is 39.4 Å². The first-order valence-corrected chi connectivity index (χ1v) is 14.2. The fourth-order valence-corrected chi connectivity index (χ4v) is 9.13. The molecule has 8 unspecified atom stereocenters. The number of benzene rings is 2. The standard InChI is InChI=1S/C31H37NO10/c1-28-23-20-21(24(40-23)29(28,2)27(36)41-26(28)35)42-31(16-11-13-17(38-4)14-12-16)19(15-9-7-6-8-10-15)18(22(33)30(20,31)37)25(34)32(3)39-5/h6-14,18-24,26-27,33,35-37H,1-5H3/t18-,19-,20?,21?,22-,23?,24?,26?,27?,28?,29?,30+,31+/m1/s1. The SMILES string of the molecule is COc1ccc([C@@]23OC4C5OC(C4[C@]2(O)[C@H](O)[C@H](C(=O)N(C)OC)[C@H]3c2ccccc2)C2(C)C(O)OC(O)C52C)cc1. The minimum atomic E-state index is -2.08. The molecule has 5 aliphatic rings. The Balaban J connectivity index is 1.50. The van der Waals surface area contributed by atoms with Crippen LogP contribution in [0.5, 0.6) is 5.75 Å². The molecule has 11 heteroatoms. The lowest BCUT2D eigenvalue weighted by molar-refractivity contribution is -0.227. The fraction of sp³-hybridized carbons (Fsp3) is 0.581. The van der Waals surface area contributed by atoms with Crippen molar-refractivity contribution in [3.63, 3.8) is 0 Å². The van der Waals surface area contributed by atoms with Crippen molar-refractivity contribution in [2.75, 3.05) is 21.3 Å². The van der Waals surface area contributed by atoms with E-state index in [0.29, 0.717) is 16.9 Å². The van der Waals surface area contributed by atoms with Crippen molar-refractivity contribution in [1.82, 2.24) is 5.06 Å². The van der Waals surface area contributed by atoms with E-state index in [4.69, 9.17) is 23.8 Å². The number of hydroxylamine groups is 2. The van der Waals surface area contributed by atoms with Gasteiger partial charge in [0.2, 0.25) is 0 Å². The Morgan fingerprint density at radius 1 is 0.905 bits per heavy atom. The Hall–Kier alpha value is -2.61. The van der Waals surface area contributed by atoms with Gasteiger partial charge >= 0.3 is 0 Å². The molecule has 1 amide bonds. The van der Waals surface area contributed by atoms with Crippen molar-refractivity contribution >= 4 is 5.91 Å². The summed E-state index contributed by atoms with van der Waals surface area (Å²) in [6.45, 7) is 3.56. The van der Waals surface area contributed by atoms with Gasteiger partial charge in [0.05, 0.1) is 55.4 Å². The second kappa shape index (κ2) is 8.96. The quantitative estimate of drug-likeness (QED) is 0.374. The molecule has 0 radical (unpaired) electrons. The lowest BCUT2D eigenvalue weighted by Gasteiger charge is -2.48. The van der Waals surface area contributed by atoms with Gasteiger partial charge in [-0.15, -0.1) is 0 Å². The number of nitrogens with zero attached hydrogens (tertiary/aromatic N) is 1. The van der Waals surface area contributed by atoms with Crippen LogP contribution in [0.3, 0.4) is 0 Å².